The Labute approximate surface area is 346 Å². The summed E-state index contributed by atoms with van der Waals surface area (Å²) in [6, 6.07) is -0.870. The molecule has 0 heterocycles. The minimum Gasteiger partial charge on any atom is -0.387 e. The van der Waals surface area contributed by atoms with Crippen molar-refractivity contribution in [3.63, 3.8) is 0 Å². The molecular formula is C47H90N2O6P+. The van der Waals surface area contributed by atoms with Gasteiger partial charge in [0.25, 0.3) is 0 Å². The average molecular weight is 810 g/mol. The van der Waals surface area contributed by atoms with Gasteiger partial charge in [-0.15, -0.1) is 0 Å². The van der Waals surface area contributed by atoms with Gasteiger partial charge in [0.1, 0.15) is 13.2 Å². The van der Waals surface area contributed by atoms with E-state index in [1.165, 1.54) is 109 Å². The molecule has 1 amide bonds. The number of rotatable bonds is 41. The predicted octanol–water partition coefficient (Wildman–Crippen LogP) is 12.9. The van der Waals surface area contributed by atoms with E-state index >= 15 is 0 Å². The van der Waals surface area contributed by atoms with Gasteiger partial charge < -0.3 is 19.8 Å². The lowest BCUT2D eigenvalue weighted by Gasteiger charge is -2.25. The van der Waals surface area contributed by atoms with Gasteiger partial charge in [-0.05, 0) is 64.2 Å². The summed E-state index contributed by atoms with van der Waals surface area (Å²) in [5, 5.41) is 13.8. The maximum absolute atomic E-state index is 12.9. The van der Waals surface area contributed by atoms with Gasteiger partial charge in [-0.2, -0.15) is 0 Å². The number of carbonyl (C=O) groups is 1. The quantitative estimate of drug-likeness (QED) is 0.0246. The van der Waals surface area contributed by atoms with Gasteiger partial charge >= 0.3 is 7.82 Å². The smallest absolute Gasteiger partial charge is 0.387 e. The number of amides is 1. The Hall–Kier alpha value is -1.54. The third kappa shape index (κ3) is 40.6. The highest BCUT2D eigenvalue weighted by Gasteiger charge is 2.27. The Morgan fingerprint density at radius 2 is 1.04 bits per heavy atom. The number of phosphoric ester groups is 1. The van der Waals surface area contributed by atoms with Gasteiger partial charge in [0.05, 0.1) is 39.9 Å². The first kappa shape index (κ1) is 54.5. The summed E-state index contributed by atoms with van der Waals surface area (Å²) in [7, 11) is 1.54. The van der Waals surface area contributed by atoms with Crippen molar-refractivity contribution < 1.29 is 32.9 Å². The second kappa shape index (κ2) is 38.9. The second-order valence-electron chi connectivity index (χ2n) is 16.8. The summed E-state index contributed by atoms with van der Waals surface area (Å²) in [6.45, 7) is 4.76. The van der Waals surface area contributed by atoms with Crippen LogP contribution in [0.3, 0.4) is 0 Å². The molecule has 0 saturated carbocycles. The number of unbranched alkanes of at least 4 members (excludes halogenated alkanes) is 22. The van der Waals surface area contributed by atoms with Crippen LogP contribution in [-0.2, 0) is 18.4 Å². The normalized spacial score (nSPS) is 14.8. The molecule has 0 aromatic carbocycles. The zero-order valence-corrected chi connectivity index (χ0v) is 38.0. The van der Waals surface area contributed by atoms with Gasteiger partial charge in [0, 0.05) is 6.42 Å². The molecule has 0 spiro atoms. The van der Waals surface area contributed by atoms with E-state index in [0.29, 0.717) is 17.4 Å². The van der Waals surface area contributed by atoms with Crippen LogP contribution in [0.5, 0.6) is 0 Å². The number of nitrogens with one attached hydrogen (secondary N) is 1. The third-order valence-electron chi connectivity index (χ3n) is 10.0. The molecule has 3 N–H and O–H groups in total. The van der Waals surface area contributed by atoms with E-state index in [0.717, 1.165) is 64.2 Å². The third-order valence-corrected chi connectivity index (χ3v) is 11.0. The molecule has 0 rings (SSSR count). The average Bonchev–Trinajstić information content (AvgIpc) is 3.15. The fraction of sp³-hybridized carbons (Fsp3) is 0.809. The van der Waals surface area contributed by atoms with E-state index in [1.54, 1.807) is 6.08 Å². The van der Waals surface area contributed by atoms with E-state index in [1.807, 2.05) is 27.2 Å². The van der Waals surface area contributed by atoms with Crippen LogP contribution in [0.1, 0.15) is 194 Å². The first-order valence-corrected chi connectivity index (χ1v) is 24.5. The number of hydrogen-bond acceptors (Lipinski definition) is 5. The largest absolute Gasteiger partial charge is 0.472 e. The standard InChI is InChI=1S/C47H89N2O6P/c1-6-8-10-12-14-16-18-20-22-24-25-26-28-30-32-34-36-38-40-46(50)45(44-55-56(52,53)54-43-42-49(3,4)5)48-47(51)41-39-37-35-33-31-29-27-23-21-19-17-15-13-11-9-7-2/h17,19,23,27,30,32,38,40,45-46,50H,6-16,18,20-22,24-26,28-29,31,33-37,39,41-44H2,1-5H3,(H-,48,51,52,53)/p+1/b19-17-,27-23-,32-30+,40-38+. The van der Waals surface area contributed by atoms with Crippen LogP contribution in [0.2, 0.25) is 0 Å². The number of likely N-dealkylation sites (N-methyl/N-ethyl adjacent to an activating group) is 1. The number of quaternary nitrogens is 1. The minimum absolute atomic E-state index is 0.0521. The molecule has 328 valence electrons. The Morgan fingerprint density at radius 3 is 1.55 bits per heavy atom. The molecule has 0 aromatic heterocycles. The lowest BCUT2D eigenvalue weighted by Crippen LogP contribution is -2.45. The van der Waals surface area contributed by atoms with Crippen molar-refractivity contribution in [2.75, 3.05) is 40.9 Å². The molecule has 0 radical (unpaired) electrons. The van der Waals surface area contributed by atoms with E-state index in [4.69, 9.17) is 9.05 Å². The molecule has 0 saturated heterocycles. The van der Waals surface area contributed by atoms with Crippen molar-refractivity contribution in [3.05, 3.63) is 48.6 Å². The lowest BCUT2D eigenvalue weighted by atomic mass is 10.0. The summed E-state index contributed by atoms with van der Waals surface area (Å²) in [4.78, 5) is 23.1. The first-order chi connectivity index (χ1) is 27.0. The Bertz CT molecular complexity index is 1050. The Kier molecular flexibility index (Phi) is 37.9. The molecule has 0 aliphatic carbocycles. The van der Waals surface area contributed by atoms with E-state index < -0.39 is 20.0 Å². The Morgan fingerprint density at radius 1 is 0.607 bits per heavy atom. The fourth-order valence-corrected chi connectivity index (χ4v) is 7.06. The van der Waals surface area contributed by atoms with Crippen LogP contribution in [0.15, 0.2) is 48.6 Å². The van der Waals surface area contributed by atoms with E-state index in [-0.39, 0.29) is 19.1 Å². The number of aliphatic hydroxyl groups excluding tert-OH is 1. The van der Waals surface area contributed by atoms with E-state index in [2.05, 4.69) is 55.6 Å². The van der Waals surface area contributed by atoms with Crippen molar-refractivity contribution >= 4 is 13.7 Å². The monoisotopic (exact) mass is 810 g/mol. The van der Waals surface area contributed by atoms with Gasteiger partial charge in [-0.1, -0.05) is 172 Å². The maximum Gasteiger partial charge on any atom is 0.472 e. The number of hydrogen-bond donors (Lipinski definition) is 3. The molecule has 3 atom stereocenters. The van der Waals surface area contributed by atoms with Gasteiger partial charge in [0.15, 0.2) is 0 Å². The topological polar surface area (TPSA) is 105 Å². The zero-order valence-electron chi connectivity index (χ0n) is 37.1. The molecule has 0 fully saturated rings. The van der Waals surface area contributed by atoms with Crippen molar-refractivity contribution in [1.82, 2.24) is 5.32 Å². The number of aliphatic hydroxyl groups is 1. The molecule has 0 bridgehead atoms. The van der Waals surface area contributed by atoms with Crippen molar-refractivity contribution in [1.29, 1.82) is 0 Å². The zero-order chi connectivity index (χ0) is 41.4. The van der Waals surface area contributed by atoms with Crippen LogP contribution in [0.4, 0.5) is 0 Å². The highest BCUT2D eigenvalue weighted by atomic mass is 31.2. The summed E-state index contributed by atoms with van der Waals surface area (Å²) in [5.41, 5.74) is 0. The van der Waals surface area contributed by atoms with Gasteiger partial charge in [-0.25, -0.2) is 4.57 Å². The van der Waals surface area contributed by atoms with Gasteiger partial charge in [0.2, 0.25) is 5.91 Å². The van der Waals surface area contributed by atoms with Crippen LogP contribution < -0.4 is 5.32 Å². The highest BCUT2D eigenvalue weighted by Crippen LogP contribution is 2.43. The van der Waals surface area contributed by atoms with Crippen LogP contribution in [0.25, 0.3) is 0 Å². The molecule has 3 unspecified atom stereocenters. The number of allylic oxidation sites excluding steroid dienone is 7. The second-order valence-corrected chi connectivity index (χ2v) is 18.2. The molecular weight excluding hydrogens is 719 g/mol. The molecule has 0 aliphatic rings. The summed E-state index contributed by atoms with van der Waals surface area (Å²) in [6.07, 6.45) is 48.9. The molecule has 8 nitrogen and oxygen atoms in total. The fourth-order valence-electron chi connectivity index (χ4n) is 6.32. The number of nitrogens with zero attached hydrogens (tertiary/aromatic N) is 1. The van der Waals surface area contributed by atoms with E-state index in [9.17, 15) is 19.4 Å². The number of carbonyl (C=O) groups excluding carboxylic acids is 1. The van der Waals surface area contributed by atoms with Crippen molar-refractivity contribution in [3.8, 4) is 0 Å². The van der Waals surface area contributed by atoms with Crippen molar-refractivity contribution in [2.24, 2.45) is 0 Å². The summed E-state index contributed by atoms with van der Waals surface area (Å²) in [5.74, 6) is -0.202. The van der Waals surface area contributed by atoms with Crippen molar-refractivity contribution in [2.45, 2.75) is 206 Å². The predicted molar refractivity (Wildman–Crippen MR) is 240 cm³/mol. The summed E-state index contributed by atoms with van der Waals surface area (Å²) >= 11 is 0. The minimum atomic E-state index is -4.35. The highest BCUT2D eigenvalue weighted by molar-refractivity contribution is 7.47. The molecule has 0 aromatic rings. The maximum atomic E-state index is 12.9. The Balaban J connectivity index is 4.49. The van der Waals surface area contributed by atoms with Crippen LogP contribution in [0, 0.1) is 0 Å². The molecule has 0 aliphatic heterocycles. The SMILES string of the molecule is CCCCCC/C=C\C/C=C\CCCCCCCC(=O)NC(COP(=O)(O)OCC[N+](C)(C)C)C(O)/C=C/CC/C=C/CCCCCCCCCCCCCC. The number of phosphoric acid groups is 1. The lowest BCUT2D eigenvalue weighted by molar-refractivity contribution is -0.870. The summed E-state index contributed by atoms with van der Waals surface area (Å²) < 4.78 is 23.5. The van der Waals surface area contributed by atoms with Crippen LogP contribution >= 0.6 is 7.82 Å². The molecule has 56 heavy (non-hydrogen) atoms. The van der Waals surface area contributed by atoms with Crippen LogP contribution in [-0.4, -0.2) is 73.4 Å². The van der Waals surface area contributed by atoms with Gasteiger partial charge in [-0.3, -0.25) is 13.8 Å². The first-order valence-electron chi connectivity index (χ1n) is 23.0. The molecule has 9 heteroatoms.